The Morgan fingerprint density at radius 3 is 1.36 bits per heavy atom. The maximum atomic E-state index is 8.54. The van der Waals surface area contributed by atoms with E-state index in [9.17, 15) is 0 Å². The van der Waals surface area contributed by atoms with Gasteiger partial charge in [-0.1, -0.05) is 6.07 Å². The van der Waals surface area contributed by atoms with E-state index in [2.05, 4.69) is 4.98 Å². The zero-order valence-corrected chi connectivity index (χ0v) is 6.67. The van der Waals surface area contributed by atoms with Crippen LogP contribution >= 0.6 is 0 Å². The Balaban J connectivity index is 0. The zero-order chi connectivity index (χ0) is 7.82. The molecule has 1 aromatic rings. The molecular formula is C5H6CrFNO3. The zero-order valence-electron chi connectivity index (χ0n) is 5.40. The van der Waals surface area contributed by atoms with Gasteiger partial charge in [-0.15, -0.1) is 0 Å². The number of pyridine rings is 1. The predicted molar refractivity (Wildman–Crippen MR) is 25.1 cm³/mol. The summed E-state index contributed by atoms with van der Waals surface area (Å²) in [4.78, 5) is 2.89. The molecule has 0 atom stereocenters. The van der Waals surface area contributed by atoms with Crippen LogP contribution in [0.4, 0.5) is 0 Å². The molecule has 0 saturated carbocycles. The van der Waals surface area contributed by atoms with Gasteiger partial charge in [-0.05, 0) is 0 Å². The molecule has 0 aliphatic rings. The van der Waals surface area contributed by atoms with Crippen LogP contribution in [0.1, 0.15) is 0 Å². The number of halogens is 1. The average molecular weight is 199 g/mol. The molecule has 0 aliphatic heterocycles. The minimum atomic E-state index is -3.79. The first-order valence-electron chi connectivity index (χ1n) is 2.41. The molecule has 62 valence electrons. The first-order chi connectivity index (χ1) is 4.73. The second-order valence-electron chi connectivity index (χ2n) is 1.28. The Morgan fingerprint density at radius 1 is 0.909 bits per heavy atom. The van der Waals surface area contributed by atoms with Crippen molar-refractivity contribution in [2.24, 2.45) is 0 Å². The van der Waals surface area contributed by atoms with Gasteiger partial charge in [0, 0.05) is 12.1 Å². The minimum Gasteiger partial charge on any atom is -0.218 e. The van der Waals surface area contributed by atoms with Crippen LogP contribution in [0.3, 0.4) is 0 Å². The Kier molecular flexibility index (Phi) is 10.4. The number of H-pyrrole nitrogens is 1. The third-order valence-corrected chi connectivity index (χ3v) is 0.607. The Morgan fingerprint density at radius 2 is 1.27 bits per heavy atom. The average Bonchev–Trinajstić information content (AvgIpc) is 1.90. The molecule has 1 aromatic heterocycles. The van der Waals surface area contributed by atoms with Gasteiger partial charge < -0.3 is 4.70 Å². The molecular weight excluding hydrogens is 193 g/mol. The van der Waals surface area contributed by atoms with E-state index in [4.69, 9.17) is 11.4 Å². The fraction of sp³-hybridized carbons (Fsp3) is 0. The van der Waals surface area contributed by atoms with Crippen LogP contribution in [0.2, 0.25) is 0 Å². The summed E-state index contributed by atoms with van der Waals surface area (Å²) < 4.78 is 25.6. The van der Waals surface area contributed by atoms with E-state index >= 15 is 0 Å². The van der Waals surface area contributed by atoms with Crippen molar-refractivity contribution >= 4 is 0 Å². The predicted octanol–water partition coefficient (Wildman–Crippen LogP) is -2.85. The van der Waals surface area contributed by atoms with E-state index < -0.39 is 14.0 Å². The van der Waals surface area contributed by atoms with Crippen molar-refractivity contribution < 1.29 is 35.0 Å². The summed E-state index contributed by atoms with van der Waals surface area (Å²) in [6, 6.07) is 5.86. The number of rotatable bonds is 0. The van der Waals surface area contributed by atoms with E-state index in [1.165, 1.54) is 0 Å². The first kappa shape index (κ1) is 12.7. The number of hydrogen-bond donors (Lipinski definition) is 0. The fourth-order valence-electron chi connectivity index (χ4n) is 0.342. The Hall–Kier alpha value is -0.988. The molecule has 1 N–H and O–H groups in total. The molecule has 0 fully saturated rings. The van der Waals surface area contributed by atoms with Gasteiger partial charge in [-0.2, -0.15) is 0 Å². The quantitative estimate of drug-likeness (QED) is 0.451. The Labute approximate surface area is 66.3 Å². The fourth-order valence-corrected chi connectivity index (χ4v) is 0.342. The summed E-state index contributed by atoms with van der Waals surface area (Å²) in [7, 11) is 0. The molecule has 1 heterocycles. The van der Waals surface area contributed by atoms with Crippen molar-refractivity contribution in [2.45, 2.75) is 0 Å². The van der Waals surface area contributed by atoms with Gasteiger partial charge in [0.1, 0.15) is 0 Å². The van der Waals surface area contributed by atoms with Crippen molar-refractivity contribution in [1.29, 1.82) is 0 Å². The van der Waals surface area contributed by atoms with Crippen molar-refractivity contribution in [3.8, 4) is 0 Å². The first-order valence-corrected chi connectivity index (χ1v) is 3.97. The van der Waals surface area contributed by atoms with Crippen LogP contribution in [0.25, 0.3) is 0 Å². The van der Waals surface area contributed by atoms with Crippen molar-refractivity contribution in [3.63, 3.8) is 0 Å². The van der Waals surface area contributed by atoms with Gasteiger partial charge in [-0.25, -0.2) is 4.98 Å². The van der Waals surface area contributed by atoms with Gasteiger partial charge in [0.2, 0.25) is 0 Å². The molecule has 0 aliphatic carbocycles. The molecule has 0 spiro atoms. The standard InChI is InChI=1S/C5H5N.Cr.FH.3O/c1-2-4-6-5-3-1;;;;;/h1-5H;;1H;;;. The number of aromatic amines is 1. The summed E-state index contributed by atoms with van der Waals surface area (Å²) in [5, 5.41) is 0. The second-order valence-corrected chi connectivity index (χ2v) is 1.92. The minimum absolute atomic E-state index is 0. The molecule has 0 unspecified atom stereocenters. The van der Waals surface area contributed by atoms with E-state index in [1.807, 2.05) is 30.6 Å². The van der Waals surface area contributed by atoms with Gasteiger partial charge in [0.05, 0.1) is 0 Å². The van der Waals surface area contributed by atoms with Crippen molar-refractivity contribution in [1.82, 2.24) is 0 Å². The number of hydrogen-bond acceptors (Lipinski definition) is 3. The summed E-state index contributed by atoms with van der Waals surface area (Å²) >= 11 is -3.79. The monoisotopic (exact) mass is 199 g/mol. The molecule has 6 heteroatoms. The van der Waals surface area contributed by atoms with Gasteiger partial charge >= 0.3 is 25.4 Å². The molecule has 1 rings (SSSR count). The topological polar surface area (TPSA) is 65.3 Å². The number of nitrogens with one attached hydrogen (secondary N) is 1. The van der Waals surface area contributed by atoms with E-state index in [1.54, 1.807) is 0 Å². The smallest absolute Gasteiger partial charge is 0.166 e. The number of aromatic nitrogens is 1. The second kappa shape index (κ2) is 9.01. The van der Waals surface area contributed by atoms with Crippen LogP contribution < -0.4 is 9.69 Å². The molecule has 0 bridgehead atoms. The third-order valence-electron chi connectivity index (χ3n) is 0.607. The molecule has 0 aromatic carbocycles. The molecule has 11 heavy (non-hydrogen) atoms. The summed E-state index contributed by atoms with van der Waals surface area (Å²) in [5.74, 6) is 0. The van der Waals surface area contributed by atoms with E-state index in [-0.39, 0.29) is 4.70 Å². The molecule has 4 nitrogen and oxygen atoms in total. The van der Waals surface area contributed by atoms with Crippen LogP contribution in [0.5, 0.6) is 0 Å². The SMILES string of the molecule is [F-].[O]=[Cr](=[O])=[O].c1cc[nH+]cc1. The summed E-state index contributed by atoms with van der Waals surface area (Å²) in [6.07, 6.45) is 3.75. The van der Waals surface area contributed by atoms with Crippen LogP contribution in [0, 0.1) is 0 Å². The summed E-state index contributed by atoms with van der Waals surface area (Å²) in [6.45, 7) is 0. The van der Waals surface area contributed by atoms with Gasteiger partial charge in [0.15, 0.2) is 12.4 Å². The molecule has 0 radical (unpaired) electrons. The van der Waals surface area contributed by atoms with Crippen LogP contribution in [-0.4, -0.2) is 0 Å². The van der Waals surface area contributed by atoms with E-state index in [0.717, 1.165) is 0 Å². The molecule has 0 saturated heterocycles. The van der Waals surface area contributed by atoms with Crippen LogP contribution in [-0.2, 0) is 25.4 Å². The van der Waals surface area contributed by atoms with Crippen LogP contribution in [0.15, 0.2) is 30.6 Å². The normalized spacial score (nSPS) is 6.55. The maximum absolute atomic E-state index is 8.54. The molecule has 0 amide bonds. The van der Waals surface area contributed by atoms with Gasteiger partial charge in [0.25, 0.3) is 0 Å². The largest absolute Gasteiger partial charge is 0.218 e. The van der Waals surface area contributed by atoms with Crippen molar-refractivity contribution in [2.75, 3.05) is 0 Å². The van der Waals surface area contributed by atoms with E-state index in [0.29, 0.717) is 0 Å². The van der Waals surface area contributed by atoms with Crippen molar-refractivity contribution in [3.05, 3.63) is 30.6 Å². The Bertz CT molecular complexity index is 225. The third kappa shape index (κ3) is 17.6. The maximum Gasteiger partial charge on any atom is 0.166 e. The van der Waals surface area contributed by atoms with Gasteiger partial charge in [-0.3, -0.25) is 0 Å². The summed E-state index contributed by atoms with van der Waals surface area (Å²) in [5.41, 5.74) is 0.